The SMILES string of the molecule is CCCC/C=C/C(=C1CCCCC1)N(CC)CC. The largest absolute Gasteiger partial charge is 0.372 e. The Bertz CT molecular complexity index is 263. The summed E-state index contributed by atoms with van der Waals surface area (Å²) in [5.41, 5.74) is 3.24. The van der Waals surface area contributed by atoms with E-state index < -0.39 is 0 Å². The van der Waals surface area contributed by atoms with Crippen LogP contribution in [0, 0.1) is 0 Å². The van der Waals surface area contributed by atoms with Crippen molar-refractivity contribution in [2.45, 2.75) is 72.1 Å². The Hall–Kier alpha value is -0.720. The highest BCUT2D eigenvalue weighted by atomic mass is 15.1. The van der Waals surface area contributed by atoms with Crippen LogP contribution < -0.4 is 0 Å². The van der Waals surface area contributed by atoms with Crippen molar-refractivity contribution >= 4 is 0 Å². The van der Waals surface area contributed by atoms with Gasteiger partial charge in [0.2, 0.25) is 0 Å². The zero-order valence-corrected chi connectivity index (χ0v) is 12.7. The van der Waals surface area contributed by atoms with E-state index in [2.05, 4.69) is 37.8 Å². The summed E-state index contributed by atoms with van der Waals surface area (Å²) in [6, 6.07) is 0. The lowest BCUT2D eigenvalue weighted by Gasteiger charge is -2.27. The van der Waals surface area contributed by atoms with Crippen molar-refractivity contribution in [1.82, 2.24) is 4.90 Å². The van der Waals surface area contributed by atoms with Crippen LogP contribution in [0.4, 0.5) is 0 Å². The third-order valence-corrected chi connectivity index (χ3v) is 3.92. The highest BCUT2D eigenvalue weighted by Gasteiger charge is 2.13. The standard InChI is InChI=1S/C17H31N/c1-4-7-8-12-15-17(18(5-2)6-3)16-13-10-9-11-14-16/h12,15H,4-11,13-14H2,1-3H3/b15-12+. The van der Waals surface area contributed by atoms with Crippen LogP contribution in [0.3, 0.4) is 0 Å². The number of likely N-dealkylation sites (N-methyl/N-ethyl adjacent to an activating group) is 1. The maximum Gasteiger partial charge on any atom is 0.0354 e. The molecular formula is C17H31N. The summed E-state index contributed by atoms with van der Waals surface area (Å²) in [4.78, 5) is 2.53. The predicted octanol–water partition coefficient (Wildman–Crippen LogP) is 5.29. The molecule has 0 radical (unpaired) electrons. The molecule has 0 aliphatic heterocycles. The van der Waals surface area contributed by atoms with Gasteiger partial charge in [-0.15, -0.1) is 0 Å². The molecule has 0 aromatic carbocycles. The van der Waals surface area contributed by atoms with E-state index >= 15 is 0 Å². The number of rotatable bonds is 7. The van der Waals surface area contributed by atoms with Gasteiger partial charge in [0, 0.05) is 18.8 Å². The average molecular weight is 249 g/mol. The van der Waals surface area contributed by atoms with Gasteiger partial charge in [0.1, 0.15) is 0 Å². The molecule has 0 atom stereocenters. The zero-order valence-electron chi connectivity index (χ0n) is 12.7. The molecule has 1 aliphatic rings. The molecule has 0 bridgehead atoms. The molecule has 0 heterocycles. The Labute approximate surface area is 114 Å². The van der Waals surface area contributed by atoms with Gasteiger partial charge in [-0.1, -0.05) is 32.3 Å². The molecule has 0 N–H and O–H groups in total. The van der Waals surface area contributed by atoms with E-state index in [4.69, 9.17) is 0 Å². The van der Waals surface area contributed by atoms with Gasteiger partial charge in [-0.2, -0.15) is 0 Å². The molecule has 104 valence electrons. The third-order valence-electron chi connectivity index (χ3n) is 3.92. The lowest BCUT2D eigenvalue weighted by Crippen LogP contribution is -2.23. The summed E-state index contributed by atoms with van der Waals surface area (Å²) in [7, 11) is 0. The lowest BCUT2D eigenvalue weighted by atomic mass is 9.92. The quantitative estimate of drug-likeness (QED) is 0.554. The van der Waals surface area contributed by atoms with Gasteiger partial charge in [-0.25, -0.2) is 0 Å². The first-order chi connectivity index (χ1) is 8.83. The van der Waals surface area contributed by atoms with Gasteiger partial charge in [0.15, 0.2) is 0 Å². The second-order valence-electron chi connectivity index (χ2n) is 5.27. The van der Waals surface area contributed by atoms with Crippen LogP contribution in [-0.4, -0.2) is 18.0 Å². The fourth-order valence-electron chi connectivity index (χ4n) is 2.76. The Balaban J connectivity index is 2.76. The second kappa shape index (κ2) is 9.24. The van der Waals surface area contributed by atoms with Gasteiger partial charge in [-0.3, -0.25) is 0 Å². The fourth-order valence-corrected chi connectivity index (χ4v) is 2.76. The maximum absolute atomic E-state index is 2.53. The Kier molecular flexibility index (Phi) is 7.88. The van der Waals surface area contributed by atoms with Crippen molar-refractivity contribution < 1.29 is 0 Å². The van der Waals surface area contributed by atoms with Crippen LogP contribution in [0.5, 0.6) is 0 Å². The molecule has 1 aliphatic carbocycles. The van der Waals surface area contributed by atoms with E-state index in [0.29, 0.717) is 0 Å². The van der Waals surface area contributed by atoms with E-state index in [0.717, 1.165) is 13.1 Å². The smallest absolute Gasteiger partial charge is 0.0354 e. The Morgan fingerprint density at radius 1 is 1.06 bits per heavy atom. The molecule has 1 fully saturated rings. The molecule has 0 spiro atoms. The van der Waals surface area contributed by atoms with Crippen molar-refractivity contribution in [2.24, 2.45) is 0 Å². The van der Waals surface area contributed by atoms with E-state index in [1.54, 1.807) is 5.57 Å². The van der Waals surface area contributed by atoms with Crippen molar-refractivity contribution in [3.63, 3.8) is 0 Å². The summed E-state index contributed by atoms with van der Waals surface area (Å²) in [6.07, 6.45) is 15.5. The fraction of sp³-hybridized carbons (Fsp3) is 0.765. The van der Waals surface area contributed by atoms with E-state index in [1.807, 2.05) is 0 Å². The minimum Gasteiger partial charge on any atom is -0.372 e. The van der Waals surface area contributed by atoms with Gasteiger partial charge in [0.05, 0.1) is 0 Å². The lowest BCUT2D eigenvalue weighted by molar-refractivity contribution is 0.383. The minimum atomic E-state index is 1.13. The van der Waals surface area contributed by atoms with Crippen LogP contribution in [-0.2, 0) is 0 Å². The Morgan fingerprint density at radius 3 is 2.28 bits per heavy atom. The summed E-state index contributed by atoms with van der Waals surface area (Å²) in [5, 5.41) is 0. The normalized spacial score (nSPS) is 16.3. The first-order valence-electron chi connectivity index (χ1n) is 7.96. The topological polar surface area (TPSA) is 3.24 Å². The van der Waals surface area contributed by atoms with E-state index in [-0.39, 0.29) is 0 Å². The van der Waals surface area contributed by atoms with Gasteiger partial charge in [-0.05, 0) is 57.6 Å². The first kappa shape index (κ1) is 15.3. The first-order valence-corrected chi connectivity index (χ1v) is 7.96. The molecule has 1 saturated carbocycles. The van der Waals surface area contributed by atoms with Gasteiger partial charge in [0.25, 0.3) is 0 Å². The molecule has 1 rings (SSSR count). The highest BCUT2D eigenvalue weighted by molar-refractivity contribution is 5.25. The van der Waals surface area contributed by atoms with Gasteiger partial charge >= 0.3 is 0 Å². The van der Waals surface area contributed by atoms with Crippen molar-refractivity contribution in [1.29, 1.82) is 0 Å². The summed E-state index contributed by atoms with van der Waals surface area (Å²) >= 11 is 0. The van der Waals surface area contributed by atoms with E-state index in [1.165, 1.54) is 57.1 Å². The van der Waals surface area contributed by atoms with Crippen LogP contribution in [0.25, 0.3) is 0 Å². The summed E-state index contributed by atoms with van der Waals surface area (Å²) in [5.74, 6) is 0. The monoisotopic (exact) mass is 249 g/mol. The molecule has 1 heteroatoms. The van der Waals surface area contributed by atoms with Crippen LogP contribution in [0.1, 0.15) is 72.1 Å². The second-order valence-corrected chi connectivity index (χ2v) is 5.27. The summed E-state index contributed by atoms with van der Waals surface area (Å²) in [6.45, 7) is 9.07. The maximum atomic E-state index is 2.53. The number of nitrogens with zero attached hydrogens (tertiary/aromatic N) is 1. The number of unbranched alkanes of at least 4 members (excludes halogenated alkanes) is 2. The molecule has 1 nitrogen and oxygen atoms in total. The average Bonchev–Trinajstić information content (AvgIpc) is 2.43. The van der Waals surface area contributed by atoms with E-state index in [9.17, 15) is 0 Å². The molecule has 0 unspecified atom stereocenters. The number of allylic oxidation sites excluding steroid dienone is 3. The van der Waals surface area contributed by atoms with Crippen molar-refractivity contribution in [3.8, 4) is 0 Å². The Morgan fingerprint density at radius 2 is 1.72 bits per heavy atom. The third kappa shape index (κ3) is 4.88. The zero-order chi connectivity index (χ0) is 13.2. The molecule has 0 saturated heterocycles. The molecule has 0 aromatic heterocycles. The number of hydrogen-bond acceptors (Lipinski definition) is 1. The minimum absolute atomic E-state index is 1.13. The van der Waals surface area contributed by atoms with Crippen molar-refractivity contribution in [3.05, 3.63) is 23.4 Å². The van der Waals surface area contributed by atoms with Crippen LogP contribution in [0.2, 0.25) is 0 Å². The van der Waals surface area contributed by atoms with Crippen LogP contribution in [0.15, 0.2) is 23.4 Å². The predicted molar refractivity (Wildman–Crippen MR) is 81.7 cm³/mol. The summed E-state index contributed by atoms with van der Waals surface area (Å²) < 4.78 is 0. The van der Waals surface area contributed by atoms with Crippen molar-refractivity contribution in [2.75, 3.05) is 13.1 Å². The molecule has 18 heavy (non-hydrogen) atoms. The van der Waals surface area contributed by atoms with Crippen LogP contribution >= 0.6 is 0 Å². The van der Waals surface area contributed by atoms with Gasteiger partial charge < -0.3 is 4.90 Å². The molecular weight excluding hydrogens is 218 g/mol. The highest BCUT2D eigenvalue weighted by Crippen LogP contribution is 2.28. The molecule has 0 aromatic rings. The molecule has 0 amide bonds. The number of hydrogen-bond donors (Lipinski definition) is 0.